The van der Waals surface area contributed by atoms with Crippen molar-refractivity contribution in [2.75, 3.05) is 0 Å². The Hall–Kier alpha value is -4.21. The SMILES string of the molecule is CC(=O)OC1=C(C(C)C)C(=O)C2=C(C1=O)C1(C)CCCC(C)(C)C1C(=O)C21OC2=C(C(C)C)C(=O)C(OC(C)=O)=C3C2=C1C(=O)C1C(C)(C)CCCC31C. The van der Waals surface area contributed by atoms with Gasteiger partial charge < -0.3 is 14.2 Å². The largest absolute Gasteiger partial charge is 0.468 e. The first-order valence-electron chi connectivity index (χ1n) is 19.4. The van der Waals surface area contributed by atoms with Crippen molar-refractivity contribution in [1.29, 1.82) is 0 Å². The highest BCUT2D eigenvalue weighted by atomic mass is 16.5. The lowest BCUT2D eigenvalue weighted by Gasteiger charge is -2.58. The minimum absolute atomic E-state index is 0.0186. The van der Waals surface area contributed by atoms with Crippen LogP contribution >= 0.6 is 0 Å². The summed E-state index contributed by atoms with van der Waals surface area (Å²) in [6, 6.07) is 0. The Kier molecular flexibility index (Phi) is 8.22. The van der Waals surface area contributed by atoms with Crippen LogP contribution in [0.2, 0.25) is 0 Å². The van der Waals surface area contributed by atoms with Gasteiger partial charge in [0.05, 0.1) is 11.1 Å². The number of ketones is 5. The van der Waals surface area contributed by atoms with Crippen LogP contribution in [-0.2, 0) is 47.8 Å². The Balaban J connectivity index is 1.71. The first-order valence-corrected chi connectivity index (χ1v) is 19.4. The summed E-state index contributed by atoms with van der Waals surface area (Å²) in [4.78, 5) is 103. The molecule has 0 aromatic heterocycles. The summed E-state index contributed by atoms with van der Waals surface area (Å²) >= 11 is 0. The van der Waals surface area contributed by atoms with E-state index in [1.54, 1.807) is 27.7 Å². The van der Waals surface area contributed by atoms with Crippen LogP contribution in [0.4, 0.5) is 0 Å². The Labute approximate surface area is 316 Å². The summed E-state index contributed by atoms with van der Waals surface area (Å²) in [6.07, 6.45) is 3.54. The summed E-state index contributed by atoms with van der Waals surface area (Å²) in [5, 5.41) is 0. The lowest BCUT2D eigenvalue weighted by atomic mass is 9.43. The molecule has 5 atom stereocenters. The third-order valence-electron chi connectivity index (χ3n) is 13.8. The topological polar surface area (TPSA) is 147 Å². The fourth-order valence-electron chi connectivity index (χ4n) is 12.2. The first-order chi connectivity index (χ1) is 24.9. The molecule has 10 heteroatoms. The molecular weight excluding hydrogens is 688 g/mol. The van der Waals surface area contributed by atoms with Gasteiger partial charge in [0.1, 0.15) is 5.76 Å². The number of rotatable bonds is 4. The minimum atomic E-state index is -2.41. The Bertz CT molecular complexity index is 2090. The maximum Gasteiger partial charge on any atom is 0.308 e. The number of hydrogen-bond donors (Lipinski definition) is 0. The van der Waals surface area contributed by atoms with Crippen molar-refractivity contribution in [3.8, 4) is 0 Å². The van der Waals surface area contributed by atoms with Crippen LogP contribution in [0, 0.1) is 45.3 Å². The van der Waals surface area contributed by atoms with Gasteiger partial charge in [0.15, 0.2) is 28.9 Å². The van der Waals surface area contributed by atoms with E-state index < -0.39 is 86.0 Å². The monoisotopic (exact) mass is 740 g/mol. The van der Waals surface area contributed by atoms with Gasteiger partial charge in [0, 0.05) is 64.4 Å². The van der Waals surface area contributed by atoms with E-state index in [0.29, 0.717) is 37.7 Å². The Morgan fingerprint density at radius 2 is 1.11 bits per heavy atom. The number of allylic oxidation sites excluding steroid dienone is 4. The van der Waals surface area contributed by atoms with Crippen LogP contribution in [0.15, 0.2) is 56.3 Å². The van der Waals surface area contributed by atoms with Gasteiger partial charge >= 0.3 is 11.9 Å². The van der Waals surface area contributed by atoms with Gasteiger partial charge in [-0.25, -0.2) is 0 Å². The molecule has 0 bridgehead atoms. The number of ether oxygens (including phenoxy) is 3. The lowest BCUT2D eigenvalue weighted by Crippen LogP contribution is -2.65. The van der Waals surface area contributed by atoms with Crippen LogP contribution in [-0.4, -0.2) is 46.5 Å². The second-order valence-electron chi connectivity index (χ2n) is 19.1. The van der Waals surface area contributed by atoms with E-state index in [9.17, 15) is 14.4 Å². The molecule has 5 unspecified atom stereocenters. The van der Waals surface area contributed by atoms with Crippen molar-refractivity contribution in [1.82, 2.24) is 0 Å². The van der Waals surface area contributed by atoms with Crippen LogP contribution < -0.4 is 0 Å². The fourth-order valence-corrected chi connectivity index (χ4v) is 12.2. The van der Waals surface area contributed by atoms with E-state index in [-0.39, 0.29) is 56.5 Å². The molecule has 0 aromatic rings. The molecule has 2 fully saturated rings. The van der Waals surface area contributed by atoms with Crippen LogP contribution in [0.5, 0.6) is 0 Å². The third-order valence-corrected chi connectivity index (χ3v) is 13.8. The molecule has 1 spiro atoms. The molecule has 6 aliphatic carbocycles. The summed E-state index contributed by atoms with van der Waals surface area (Å²) < 4.78 is 18.6. The van der Waals surface area contributed by atoms with Crippen LogP contribution in [0.1, 0.15) is 122 Å². The van der Waals surface area contributed by atoms with E-state index >= 15 is 19.2 Å². The average molecular weight is 741 g/mol. The van der Waals surface area contributed by atoms with Crippen molar-refractivity contribution >= 4 is 40.9 Å². The zero-order chi connectivity index (χ0) is 40.0. The summed E-state index contributed by atoms with van der Waals surface area (Å²) in [5.41, 5.74) is -5.68. The predicted octanol–water partition coefficient (Wildman–Crippen LogP) is 7.11. The molecule has 0 aromatic carbocycles. The van der Waals surface area contributed by atoms with Crippen LogP contribution in [0.3, 0.4) is 0 Å². The average Bonchev–Trinajstić information content (AvgIpc) is 3.35. The molecular formula is C44H52O10. The predicted molar refractivity (Wildman–Crippen MR) is 196 cm³/mol. The maximum absolute atomic E-state index is 16.1. The number of carbonyl (C=O) groups is 7. The fraction of sp³-hybridized carbons (Fsp3) is 0.614. The zero-order valence-corrected chi connectivity index (χ0v) is 33.6. The van der Waals surface area contributed by atoms with E-state index in [2.05, 4.69) is 0 Å². The second kappa shape index (κ2) is 11.7. The summed E-state index contributed by atoms with van der Waals surface area (Å²) in [5.74, 6) is -7.74. The summed E-state index contributed by atoms with van der Waals surface area (Å²) in [6.45, 7) is 21.0. The molecule has 288 valence electrons. The molecule has 10 nitrogen and oxygen atoms in total. The molecule has 0 amide bonds. The molecule has 7 rings (SSSR count). The second-order valence-corrected chi connectivity index (χ2v) is 19.1. The highest BCUT2D eigenvalue weighted by molar-refractivity contribution is 6.32. The lowest BCUT2D eigenvalue weighted by molar-refractivity contribution is -0.156. The van der Waals surface area contributed by atoms with E-state index in [1.165, 1.54) is 13.8 Å². The minimum Gasteiger partial charge on any atom is -0.468 e. The van der Waals surface area contributed by atoms with E-state index in [1.807, 2.05) is 41.5 Å². The Morgan fingerprint density at radius 3 is 1.63 bits per heavy atom. The van der Waals surface area contributed by atoms with Crippen molar-refractivity contribution in [3.63, 3.8) is 0 Å². The molecule has 7 aliphatic rings. The molecule has 54 heavy (non-hydrogen) atoms. The van der Waals surface area contributed by atoms with Crippen molar-refractivity contribution in [3.05, 3.63) is 56.3 Å². The number of hydrogen-bond acceptors (Lipinski definition) is 10. The number of fused-ring (bicyclic) bond motifs is 6. The number of esters is 2. The van der Waals surface area contributed by atoms with Crippen LogP contribution in [0.25, 0.3) is 0 Å². The molecule has 1 heterocycles. The van der Waals surface area contributed by atoms with E-state index in [4.69, 9.17) is 14.2 Å². The van der Waals surface area contributed by atoms with Gasteiger partial charge in [0.25, 0.3) is 0 Å². The number of Topliss-reactive ketones (excluding diaryl/α,β-unsaturated/α-hetero) is 5. The Morgan fingerprint density at radius 1 is 0.611 bits per heavy atom. The number of carbonyl (C=O) groups excluding carboxylic acids is 7. The standard InChI is InChI=1S/C44H52O10/c1-19(2)23-30(47)29-28(32(49)35(23)52-21(5)45)43(12)18-14-16-41(9,10)38(43)39(51)44(29)26-25-27(42(11)17-13-15-40(7,8)37(42)33(26)50)36(53-22(6)46)31(48)24(20(3)4)34(25)54-44/h19-20,37-38H,13-18H2,1-12H3. The normalized spacial score (nSPS) is 34.1. The van der Waals surface area contributed by atoms with Gasteiger partial charge in [0.2, 0.25) is 17.2 Å². The van der Waals surface area contributed by atoms with E-state index in [0.717, 1.165) is 6.42 Å². The highest BCUT2D eigenvalue weighted by Gasteiger charge is 2.75. The zero-order valence-electron chi connectivity index (χ0n) is 33.6. The maximum atomic E-state index is 16.1. The van der Waals surface area contributed by atoms with Gasteiger partial charge in [-0.2, -0.15) is 0 Å². The molecule has 0 N–H and O–H groups in total. The third kappa shape index (κ3) is 4.60. The van der Waals surface area contributed by atoms with Crippen molar-refractivity contribution < 1.29 is 47.8 Å². The smallest absolute Gasteiger partial charge is 0.308 e. The molecule has 1 aliphatic heterocycles. The highest BCUT2D eigenvalue weighted by Crippen LogP contribution is 2.71. The first kappa shape index (κ1) is 38.1. The molecule has 0 saturated heterocycles. The van der Waals surface area contributed by atoms with Gasteiger partial charge in [-0.15, -0.1) is 0 Å². The molecule has 0 radical (unpaired) electrons. The van der Waals surface area contributed by atoms with Crippen molar-refractivity contribution in [2.45, 2.75) is 127 Å². The van der Waals surface area contributed by atoms with Crippen molar-refractivity contribution in [2.24, 2.45) is 45.3 Å². The van der Waals surface area contributed by atoms with Gasteiger partial charge in [-0.1, -0.05) is 82.1 Å². The molecule has 2 saturated carbocycles. The van der Waals surface area contributed by atoms with Gasteiger partial charge in [-0.05, 0) is 48.3 Å². The quantitative estimate of drug-likeness (QED) is 0.216. The van der Waals surface area contributed by atoms with Gasteiger partial charge in [-0.3, -0.25) is 33.6 Å². The summed E-state index contributed by atoms with van der Waals surface area (Å²) in [7, 11) is 0.